The lowest BCUT2D eigenvalue weighted by molar-refractivity contribution is -0.117. The lowest BCUT2D eigenvalue weighted by atomic mass is 10.2. The Morgan fingerprint density at radius 1 is 1.17 bits per heavy atom. The Kier molecular flexibility index (Phi) is 4.84. The minimum atomic E-state index is -3.65. The summed E-state index contributed by atoms with van der Waals surface area (Å²) in [5.74, 6) is 0.124. The number of carbonyl (C=O) groups excluding carboxylic acids is 1. The van der Waals surface area contributed by atoms with Crippen molar-refractivity contribution < 1.29 is 13.2 Å². The molecule has 0 unspecified atom stereocenters. The van der Waals surface area contributed by atoms with E-state index in [1.54, 1.807) is 4.90 Å². The van der Waals surface area contributed by atoms with Gasteiger partial charge in [-0.25, -0.2) is 18.1 Å². The fourth-order valence-electron chi connectivity index (χ4n) is 2.50. The molecular formula is C16H16ClN3O3S. The Labute approximate surface area is 145 Å². The molecule has 0 atom stereocenters. The molecule has 1 N–H and O–H groups in total. The molecule has 1 fully saturated rings. The molecule has 0 aliphatic carbocycles. The van der Waals surface area contributed by atoms with Crippen LogP contribution in [0, 0.1) is 0 Å². The third-order valence-electron chi connectivity index (χ3n) is 3.80. The summed E-state index contributed by atoms with van der Waals surface area (Å²) in [5, 5.41) is 0.237. The molecule has 1 aromatic heterocycles. The van der Waals surface area contributed by atoms with Crippen LogP contribution in [0.1, 0.15) is 18.4 Å². The quantitative estimate of drug-likeness (QED) is 0.825. The molecule has 0 spiro atoms. The second-order valence-corrected chi connectivity index (χ2v) is 7.61. The number of hydrogen-bond donors (Lipinski definition) is 1. The van der Waals surface area contributed by atoms with Crippen LogP contribution in [-0.4, -0.2) is 25.9 Å². The molecule has 1 aliphatic heterocycles. The van der Waals surface area contributed by atoms with Crippen molar-refractivity contribution in [2.24, 2.45) is 0 Å². The number of aromatic nitrogens is 1. The summed E-state index contributed by atoms with van der Waals surface area (Å²) in [6, 6.07) is 10.1. The molecule has 1 amide bonds. The highest BCUT2D eigenvalue weighted by atomic mass is 35.5. The monoisotopic (exact) mass is 365 g/mol. The van der Waals surface area contributed by atoms with Crippen molar-refractivity contribution >= 4 is 33.2 Å². The summed E-state index contributed by atoms with van der Waals surface area (Å²) < 4.78 is 26.9. The maximum atomic E-state index is 12.2. The van der Waals surface area contributed by atoms with E-state index in [4.69, 9.17) is 11.6 Å². The average molecular weight is 366 g/mol. The Morgan fingerprint density at radius 2 is 1.92 bits per heavy atom. The van der Waals surface area contributed by atoms with Crippen LogP contribution < -0.4 is 9.62 Å². The summed E-state index contributed by atoms with van der Waals surface area (Å²) in [5.41, 5.74) is 1.64. The zero-order valence-electron chi connectivity index (χ0n) is 12.8. The Bertz CT molecular complexity index is 836. The highest BCUT2D eigenvalue weighted by Crippen LogP contribution is 2.21. The highest BCUT2D eigenvalue weighted by molar-refractivity contribution is 7.89. The van der Waals surface area contributed by atoms with Gasteiger partial charge in [0.2, 0.25) is 15.9 Å². The van der Waals surface area contributed by atoms with Gasteiger partial charge >= 0.3 is 0 Å². The summed E-state index contributed by atoms with van der Waals surface area (Å²) in [4.78, 5) is 17.3. The van der Waals surface area contributed by atoms with E-state index in [2.05, 4.69) is 9.71 Å². The summed E-state index contributed by atoms with van der Waals surface area (Å²) in [6.45, 7) is 0.883. The maximum absolute atomic E-state index is 12.2. The van der Waals surface area contributed by atoms with Crippen LogP contribution in [0.15, 0.2) is 47.5 Å². The summed E-state index contributed by atoms with van der Waals surface area (Å²) in [7, 11) is -3.65. The number of sulfonamides is 1. The largest absolute Gasteiger partial charge is 0.312 e. The van der Waals surface area contributed by atoms with Crippen molar-refractivity contribution in [3.05, 3.63) is 53.3 Å². The first-order chi connectivity index (χ1) is 11.5. The van der Waals surface area contributed by atoms with E-state index < -0.39 is 10.0 Å². The molecule has 3 rings (SSSR count). The lowest BCUT2D eigenvalue weighted by Gasteiger charge is -2.16. The van der Waals surface area contributed by atoms with Crippen LogP contribution in [0.5, 0.6) is 0 Å². The minimum Gasteiger partial charge on any atom is -0.312 e. The van der Waals surface area contributed by atoms with Gasteiger partial charge < -0.3 is 4.90 Å². The van der Waals surface area contributed by atoms with Gasteiger partial charge in [0.1, 0.15) is 10.0 Å². The maximum Gasteiger partial charge on any atom is 0.242 e. The van der Waals surface area contributed by atoms with Gasteiger partial charge in [-0.15, -0.1) is 0 Å². The summed E-state index contributed by atoms with van der Waals surface area (Å²) >= 11 is 5.66. The SMILES string of the molecule is O=C1CCCN1c1ccc(CNS(=O)(=O)c2ccc(Cl)nc2)cc1. The molecule has 1 aliphatic rings. The zero-order valence-corrected chi connectivity index (χ0v) is 14.3. The van der Waals surface area contributed by atoms with Gasteiger partial charge in [-0.05, 0) is 36.2 Å². The van der Waals surface area contributed by atoms with Crippen LogP contribution in [0.4, 0.5) is 5.69 Å². The van der Waals surface area contributed by atoms with E-state index in [-0.39, 0.29) is 22.5 Å². The van der Waals surface area contributed by atoms with Crippen molar-refractivity contribution in [3.8, 4) is 0 Å². The number of hydrogen-bond acceptors (Lipinski definition) is 4. The van der Waals surface area contributed by atoms with Crippen LogP contribution in [0.3, 0.4) is 0 Å². The number of rotatable bonds is 5. The normalized spacial score (nSPS) is 15.0. The van der Waals surface area contributed by atoms with Gasteiger partial charge in [0.25, 0.3) is 0 Å². The predicted octanol–water partition coefficient (Wildman–Crippen LogP) is 2.34. The second kappa shape index (κ2) is 6.88. The van der Waals surface area contributed by atoms with E-state index in [1.165, 1.54) is 18.3 Å². The minimum absolute atomic E-state index is 0.0613. The van der Waals surface area contributed by atoms with Crippen molar-refractivity contribution in [1.82, 2.24) is 9.71 Å². The first kappa shape index (κ1) is 16.9. The molecule has 1 saturated heterocycles. The van der Waals surface area contributed by atoms with E-state index >= 15 is 0 Å². The van der Waals surface area contributed by atoms with Crippen LogP contribution in [0.2, 0.25) is 5.15 Å². The number of anilines is 1. The van der Waals surface area contributed by atoms with Crippen LogP contribution in [0.25, 0.3) is 0 Å². The number of halogens is 1. The molecule has 126 valence electrons. The van der Waals surface area contributed by atoms with Gasteiger partial charge in [-0.1, -0.05) is 23.7 Å². The van der Waals surface area contributed by atoms with Gasteiger partial charge in [0.15, 0.2) is 0 Å². The molecule has 24 heavy (non-hydrogen) atoms. The Balaban J connectivity index is 1.66. The van der Waals surface area contributed by atoms with Crippen molar-refractivity contribution in [3.63, 3.8) is 0 Å². The molecule has 2 heterocycles. The molecular weight excluding hydrogens is 350 g/mol. The molecule has 6 nitrogen and oxygen atoms in total. The van der Waals surface area contributed by atoms with Crippen molar-refractivity contribution in [1.29, 1.82) is 0 Å². The van der Waals surface area contributed by atoms with Gasteiger partial charge in [-0.2, -0.15) is 0 Å². The van der Waals surface area contributed by atoms with Gasteiger partial charge in [0, 0.05) is 31.4 Å². The highest BCUT2D eigenvalue weighted by Gasteiger charge is 2.21. The number of pyridine rings is 1. The Morgan fingerprint density at radius 3 is 2.50 bits per heavy atom. The summed E-state index contributed by atoms with van der Waals surface area (Å²) in [6.07, 6.45) is 2.67. The van der Waals surface area contributed by atoms with Crippen molar-refractivity contribution in [2.45, 2.75) is 24.3 Å². The predicted molar refractivity (Wildman–Crippen MR) is 91.3 cm³/mol. The molecule has 0 radical (unpaired) electrons. The second-order valence-electron chi connectivity index (χ2n) is 5.46. The topological polar surface area (TPSA) is 79.4 Å². The van der Waals surface area contributed by atoms with Gasteiger partial charge in [0.05, 0.1) is 0 Å². The van der Waals surface area contributed by atoms with E-state index in [0.717, 1.165) is 24.2 Å². The third-order valence-corrected chi connectivity index (χ3v) is 5.41. The van der Waals surface area contributed by atoms with E-state index in [1.807, 2.05) is 24.3 Å². The number of amides is 1. The zero-order chi connectivity index (χ0) is 17.2. The Hall–Kier alpha value is -1.96. The molecule has 8 heteroatoms. The molecule has 1 aromatic carbocycles. The fourth-order valence-corrected chi connectivity index (χ4v) is 3.57. The lowest BCUT2D eigenvalue weighted by Crippen LogP contribution is -2.24. The third kappa shape index (κ3) is 3.75. The smallest absolute Gasteiger partial charge is 0.242 e. The van der Waals surface area contributed by atoms with Crippen molar-refractivity contribution in [2.75, 3.05) is 11.4 Å². The number of benzene rings is 1. The average Bonchev–Trinajstić information content (AvgIpc) is 3.00. The van der Waals surface area contributed by atoms with E-state index in [0.29, 0.717) is 6.42 Å². The fraction of sp³-hybridized carbons (Fsp3) is 0.250. The standard InChI is InChI=1S/C16H16ClN3O3S/c17-15-8-7-14(11-18-15)24(22,23)19-10-12-3-5-13(6-4-12)20-9-1-2-16(20)21/h3-8,11,19H,1-2,9-10H2. The molecule has 0 bridgehead atoms. The molecule has 2 aromatic rings. The first-order valence-corrected chi connectivity index (χ1v) is 9.32. The van der Waals surface area contributed by atoms with E-state index in [9.17, 15) is 13.2 Å². The number of nitrogens with zero attached hydrogens (tertiary/aromatic N) is 2. The number of nitrogens with one attached hydrogen (secondary N) is 1. The first-order valence-electron chi connectivity index (χ1n) is 7.46. The van der Waals surface area contributed by atoms with Gasteiger partial charge in [-0.3, -0.25) is 4.79 Å². The van der Waals surface area contributed by atoms with Crippen LogP contribution >= 0.6 is 11.6 Å². The van der Waals surface area contributed by atoms with Crippen LogP contribution in [-0.2, 0) is 21.4 Å². The molecule has 0 saturated carbocycles. The number of carbonyl (C=O) groups is 1.